The first kappa shape index (κ1) is 11.4. The normalized spacial score (nSPS) is 11.0. The van der Waals surface area contributed by atoms with Gasteiger partial charge in [-0.1, -0.05) is 23.2 Å². The van der Waals surface area contributed by atoms with E-state index in [0.29, 0.717) is 15.9 Å². The molecule has 3 aromatic rings. The van der Waals surface area contributed by atoms with Gasteiger partial charge in [-0.2, -0.15) is 0 Å². The van der Waals surface area contributed by atoms with E-state index in [-0.39, 0.29) is 0 Å². The second-order valence-corrected chi connectivity index (χ2v) is 4.74. The van der Waals surface area contributed by atoms with Gasteiger partial charge in [0.1, 0.15) is 5.82 Å². The van der Waals surface area contributed by atoms with Crippen LogP contribution in [0, 0.1) is 0 Å². The number of imidazole rings is 1. The van der Waals surface area contributed by atoms with Crippen LogP contribution in [0.5, 0.6) is 0 Å². The molecular weight excluding hydrogens is 269 g/mol. The Bertz CT molecular complexity index is 717. The third-order valence-corrected chi connectivity index (χ3v) is 3.26. The zero-order valence-electron chi connectivity index (χ0n) is 9.27. The van der Waals surface area contributed by atoms with Crippen molar-refractivity contribution in [2.45, 2.75) is 0 Å². The smallest absolute Gasteiger partial charge is 0.155 e. The number of nitrogen functional groups attached to an aromatic ring is 1. The lowest BCUT2D eigenvalue weighted by Gasteiger charge is -2.02. The predicted molar refractivity (Wildman–Crippen MR) is 75.1 cm³/mol. The van der Waals surface area contributed by atoms with E-state index >= 15 is 0 Å². The van der Waals surface area contributed by atoms with E-state index in [1.54, 1.807) is 6.07 Å². The van der Waals surface area contributed by atoms with Crippen LogP contribution < -0.4 is 5.73 Å². The zero-order chi connectivity index (χ0) is 12.7. The van der Waals surface area contributed by atoms with Crippen molar-refractivity contribution in [2.24, 2.45) is 0 Å². The van der Waals surface area contributed by atoms with E-state index in [2.05, 4.69) is 4.98 Å². The van der Waals surface area contributed by atoms with Gasteiger partial charge in [0, 0.05) is 22.5 Å². The molecule has 1 aromatic carbocycles. The van der Waals surface area contributed by atoms with Gasteiger partial charge in [-0.25, -0.2) is 4.98 Å². The average Bonchev–Trinajstić information content (AvgIpc) is 2.68. The van der Waals surface area contributed by atoms with E-state index in [1.165, 1.54) is 0 Å². The molecule has 3 rings (SSSR count). The molecule has 2 heterocycles. The Labute approximate surface area is 114 Å². The Balaban J connectivity index is 2.26. The van der Waals surface area contributed by atoms with E-state index in [4.69, 9.17) is 28.9 Å². The predicted octanol–water partition coefficient (Wildman–Crippen LogP) is 3.89. The van der Waals surface area contributed by atoms with Crippen LogP contribution in [0.2, 0.25) is 10.2 Å². The lowest BCUT2D eigenvalue weighted by Crippen LogP contribution is -1.91. The third-order valence-electron chi connectivity index (χ3n) is 2.73. The quantitative estimate of drug-likeness (QED) is 0.733. The highest BCUT2D eigenvalue weighted by Crippen LogP contribution is 2.27. The number of fused-ring (bicyclic) bond motifs is 1. The van der Waals surface area contributed by atoms with Crippen molar-refractivity contribution in [3.8, 4) is 11.4 Å². The maximum atomic E-state index is 6.12. The summed E-state index contributed by atoms with van der Waals surface area (Å²) in [6.45, 7) is 0. The van der Waals surface area contributed by atoms with Crippen LogP contribution in [0.25, 0.3) is 16.9 Å². The van der Waals surface area contributed by atoms with Gasteiger partial charge in [-0.15, -0.1) is 0 Å². The summed E-state index contributed by atoms with van der Waals surface area (Å²) in [7, 11) is 0. The van der Waals surface area contributed by atoms with Crippen LogP contribution in [-0.4, -0.2) is 9.38 Å². The first-order valence-electron chi connectivity index (χ1n) is 5.34. The Morgan fingerprint density at radius 3 is 2.50 bits per heavy atom. The topological polar surface area (TPSA) is 43.3 Å². The zero-order valence-corrected chi connectivity index (χ0v) is 10.8. The fraction of sp³-hybridized carbons (Fsp3) is 0. The molecule has 0 aliphatic rings. The van der Waals surface area contributed by atoms with E-state index in [1.807, 2.05) is 40.9 Å². The maximum absolute atomic E-state index is 6.12. The minimum atomic E-state index is 0.437. The number of pyridine rings is 1. The van der Waals surface area contributed by atoms with Crippen molar-refractivity contribution >= 4 is 34.4 Å². The van der Waals surface area contributed by atoms with Gasteiger partial charge in [-0.3, -0.25) is 4.40 Å². The van der Waals surface area contributed by atoms with Crippen LogP contribution in [0.1, 0.15) is 0 Å². The largest absolute Gasteiger partial charge is 0.399 e. The highest BCUT2D eigenvalue weighted by atomic mass is 35.5. The van der Waals surface area contributed by atoms with Crippen molar-refractivity contribution < 1.29 is 0 Å². The molecule has 0 fully saturated rings. The first-order chi connectivity index (χ1) is 8.65. The average molecular weight is 278 g/mol. The number of hydrogen-bond acceptors (Lipinski definition) is 2. The van der Waals surface area contributed by atoms with Crippen LogP contribution >= 0.6 is 23.2 Å². The summed E-state index contributed by atoms with van der Waals surface area (Å²) in [6.07, 6.45) is 1.85. The monoisotopic (exact) mass is 277 g/mol. The molecule has 0 unspecified atom stereocenters. The van der Waals surface area contributed by atoms with E-state index in [9.17, 15) is 0 Å². The van der Waals surface area contributed by atoms with Gasteiger partial charge in [0.25, 0.3) is 0 Å². The van der Waals surface area contributed by atoms with Gasteiger partial charge in [-0.05, 0) is 36.4 Å². The summed E-state index contributed by atoms with van der Waals surface area (Å²) in [5.74, 6) is 0.770. The molecule has 5 heteroatoms. The number of anilines is 1. The van der Waals surface area contributed by atoms with Crippen molar-refractivity contribution in [2.75, 3.05) is 5.73 Å². The number of nitrogens with zero attached hydrogens (tertiary/aromatic N) is 2. The molecule has 3 nitrogen and oxygen atoms in total. The van der Waals surface area contributed by atoms with Crippen LogP contribution in [0.3, 0.4) is 0 Å². The van der Waals surface area contributed by atoms with E-state index < -0.39 is 0 Å². The molecule has 0 radical (unpaired) electrons. The molecule has 0 atom stereocenters. The van der Waals surface area contributed by atoms with Crippen molar-refractivity contribution in [1.82, 2.24) is 9.38 Å². The number of nitrogens with two attached hydrogens (primary N) is 1. The molecular formula is C13H9Cl2N3. The molecule has 0 bridgehead atoms. The van der Waals surface area contributed by atoms with Crippen molar-refractivity contribution in [3.05, 3.63) is 52.8 Å². The van der Waals surface area contributed by atoms with Crippen LogP contribution in [0.15, 0.2) is 42.6 Å². The number of rotatable bonds is 1. The summed E-state index contributed by atoms with van der Waals surface area (Å²) in [5.41, 5.74) is 8.15. The molecule has 0 spiro atoms. The van der Waals surface area contributed by atoms with Gasteiger partial charge in [0.05, 0.1) is 5.52 Å². The Kier molecular flexibility index (Phi) is 2.65. The molecule has 18 heavy (non-hydrogen) atoms. The molecule has 0 saturated heterocycles. The number of aromatic nitrogens is 2. The third kappa shape index (κ3) is 1.82. The highest BCUT2D eigenvalue weighted by molar-refractivity contribution is 6.33. The van der Waals surface area contributed by atoms with Crippen molar-refractivity contribution in [3.63, 3.8) is 0 Å². The summed E-state index contributed by atoms with van der Waals surface area (Å²) in [5, 5.41) is 1.13. The SMILES string of the molecule is Nc1ccn2c(-c3ccc(Cl)cc3)nc(Cl)c2c1. The summed E-state index contributed by atoms with van der Waals surface area (Å²) in [4.78, 5) is 4.36. The Hall–Kier alpha value is -1.71. The molecule has 0 aliphatic carbocycles. The Morgan fingerprint density at radius 2 is 1.78 bits per heavy atom. The number of hydrogen-bond donors (Lipinski definition) is 1. The van der Waals surface area contributed by atoms with Crippen LogP contribution in [0.4, 0.5) is 5.69 Å². The first-order valence-corrected chi connectivity index (χ1v) is 6.10. The van der Waals surface area contributed by atoms with Crippen LogP contribution in [-0.2, 0) is 0 Å². The Morgan fingerprint density at radius 1 is 1.06 bits per heavy atom. The van der Waals surface area contributed by atoms with Crippen molar-refractivity contribution in [1.29, 1.82) is 0 Å². The second kappa shape index (κ2) is 4.19. The van der Waals surface area contributed by atoms with E-state index in [0.717, 1.165) is 16.9 Å². The summed E-state index contributed by atoms with van der Waals surface area (Å²) >= 11 is 12.0. The minimum Gasteiger partial charge on any atom is -0.399 e. The molecule has 0 aliphatic heterocycles. The maximum Gasteiger partial charge on any atom is 0.155 e. The molecule has 0 saturated carbocycles. The van der Waals surface area contributed by atoms with Gasteiger partial charge < -0.3 is 5.73 Å². The molecule has 2 N–H and O–H groups in total. The van der Waals surface area contributed by atoms with Gasteiger partial charge >= 0.3 is 0 Å². The summed E-state index contributed by atoms with van der Waals surface area (Å²) < 4.78 is 1.90. The van der Waals surface area contributed by atoms with Gasteiger partial charge in [0.15, 0.2) is 5.15 Å². The number of benzene rings is 1. The lowest BCUT2D eigenvalue weighted by molar-refractivity contribution is 1.16. The highest BCUT2D eigenvalue weighted by Gasteiger charge is 2.11. The fourth-order valence-electron chi connectivity index (χ4n) is 1.87. The van der Waals surface area contributed by atoms with Gasteiger partial charge in [0.2, 0.25) is 0 Å². The molecule has 90 valence electrons. The number of halogens is 2. The lowest BCUT2D eigenvalue weighted by atomic mass is 10.2. The standard InChI is InChI=1S/C13H9Cl2N3/c14-9-3-1-8(2-4-9)13-17-12(15)11-7-10(16)5-6-18(11)13/h1-7H,16H2. The molecule has 0 amide bonds. The minimum absolute atomic E-state index is 0.437. The second-order valence-electron chi connectivity index (χ2n) is 3.95. The molecule has 2 aromatic heterocycles. The summed E-state index contributed by atoms with van der Waals surface area (Å²) in [6, 6.07) is 11.1. The fourth-order valence-corrected chi connectivity index (χ4v) is 2.22.